The predicted molar refractivity (Wildman–Crippen MR) is 82.9 cm³/mol. The van der Waals surface area contributed by atoms with Crippen molar-refractivity contribution in [3.05, 3.63) is 28.8 Å². The van der Waals surface area contributed by atoms with Crippen molar-refractivity contribution < 1.29 is 13.2 Å². The standard InChI is InChI=1S/C12H15ClN2O3S2/c1-20(17,18)10-7-19-6-5-15(10)12(16)11-8(13)3-2-4-9(11)14/h2-4,10H,5-7,14H2,1H3. The van der Waals surface area contributed by atoms with E-state index in [-0.39, 0.29) is 16.3 Å². The van der Waals surface area contributed by atoms with E-state index >= 15 is 0 Å². The van der Waals surface area contributed by atoms with E-state index in [1.807, 2.05) is 0 Å². The van der Waals surface area contributed by atoms with Gasteiger partial charge in [-0.2, -0.15) is 11.8 Å². The zero-order chi connectivity index (χ0) is 14.9. The minimum Gasteiger partial charge on any atom is -0.398 e. The number of carbonyl (C=O) groups is 1. The average Bonchev–Trinajstić information content (AvgIpc) is 2.37. The molecule has 1 unspecified atom stereocenters. The van der Waals surface area contributed by atoms with Gasteiger partial charge in [0.2, 0.25) is 0 Å². The number of benzene rings is 1. The molecule has 1 atom stereocenters. The van der Waals surface area contributed by atoms with E-state index in [0.29, 0.717) is 18.1 Å². The lowest BCUT2D eigenvalue weighted by atomic mass is 10.1. The highest BCUT2D eigenvalue weighted by Crippen LogP contribution is 2.28. The number of nitrogens with two attached hydrogens (primary N) is 1. The van der Waals surface area contributed by atoms with Crippen molar-refractivity contribution in [1.29, 1.82) is 0 Å². The molecule has 1 heterocycles. The summed E-state index contributed by atoms with van der Waals surface area (Å²) >= 11 is 7.54. The molecular weight excluding hydrogens is 320 g/mol. The first-order valence-electron chi connectivity index (χ1n) is 5.94. The Bertz CT molecular complexity index is 613. The lowest BCUT2D eigenvalue weighted by Crippen LogP contribution is -2.50. The van der Waals surface area contributed by atoms with Crippen LogP contribution in [0.25, 0.3) is 0 Å². The normalized spacial score (nSPS) is 19.9. The number of nitrogen functional groups attached to an aromatic ring is 1. The van der Waals surface area contributed by atoms with Gasteiger partial charge in [-0.1, -0.05) is 17.7 Å². The van der Waals surface area contributed by atoms with Crippen molar-refractivity contribution in [3.8, 4) is 0 Å². The van der Waals surface area contributed by atoms with E-state index in [1.54, 1.807) is 18.2 Å². The Morgan fingerprint density at radius 3 is 2.80 bits per heavy atom. The molecule has 1 aliphatic heterocycles. The van der Waals surface area contributed by atoms with Gasteiger partial charge in [0.25, 0.3) is 5.91 Å². The Labute approximate surface area is 127 Å². The maximum absolute atomic E-state index is 12.6. The molecular formula is C12H15ClN2O3S2. The van der Waals surface area contributed by atoms with Crippen LogP contribution in [0.2, 0.25) is 5.02 Å². The van der Waals surface area contributed by atoms with Crippen LogP contribution >= 0.6 is 23.4 Å². The van der Waals surface area contributed by atoms with E-state index < -0.39 is 21.1 Å². The predicted octanol–water partition coefficient (Wildman–Crippen LogP) is 1.48. The number of hydrogen-bond acceptors (Lipinski definition) is 5. The van der Waals surface area contributed by atoms with Crippen LogP contribution in [-0.2, 0) is 9.84 Å². The van der Waals surface area contributed by atoms with Crippen molar-refractivity contribution >= 4 is 44.8 Å². The number of halogens is 1. The fraction of sp³-hybridized carbons (Fsp3) is 0.417. The molecule has 1 aliphatic rings. The molecule has 1 saturated heterocycles. The van der Waals surface area contributed by atoms with E-state index in [4.69, 9.17) is 17.3 Å². The molecule has 0 aromatic heterocycles. The molecule has 0 bridgehead atoms. The number of sulfone groups is 1. The summed E-state index contributed by atoms with van der Waals surface area (Å²) in [5.74, 6) is 0.640. The van der Waals surface area contributed by atoms with Crippen molar-refractivity contribution in [2.24, 2.45) is 0 Å². The number of anilines is 1. The number of amides is 1. The summed E-state index contributed by atoms with van der Waals surface area (Å²) in [6, 6.07) is 4.79. The molecule has 110 valence electrons. The Morgan fingerprint density at radius 2 is 2.20 bits per heavy atom. The first-order chi connectivity index (χ1) is 9.32. The first-order valence-corrected chi connectivity index (χ1v) is 9.42. The summed E-state index contributed by atoms with van der Waals surface area (Å²) in [6.07, 6.45) is 1.14. The molecule has 1 fully saturated rings. The number of thioether (sulfide) groups is 1. The summed E-state index contributed by atoms with van der Waals surface area (Å²) in [4.78, 5) is 13.9. The molecule has 5 nitrogen and oxygen atoms in total. The number of nitrogens with zero attached hydrogens (tertiary/aromatic N) is 1. The topological polar surface area (TPSA) is 80.5 Å². The highest BCUT2D eigenvalue weighted by molar-refractivity contribution is 8.00. The maximum atomic E-state index is 12.6. The lowest BCUT2D eigenvalue weighted by molar-refractivity contribution is 0.0751. The van der Waals surface area contributed by atoms with Crippen LogP contribution in [0.4, 0.5) is 5.69 Å². The third-order valence-corrected chi connectivity index (χ3v) is 6.06. The molecule has 2 N–H and O–H groups in total. The fourth-order valence-electron chi connectivity index (χ4n) is 2.08. The highest BCUT2D eigenvalue weighted by atomic mass is 35.5. The van der Waals surface area contributed by atoms with E-state index in [1.165, 1.54) is 16.7 Å². The van der Waals surface area contributed by atoms with Crippen LogP contribution < -0.4 is 5.73 Å². The third-order valence-electron chi connectivity index (χ3n) is 3.10. The van der Waals surface area contributed by atoms with Gasteiger partial charge in [0, 0.05) is 30.0 Å². The number of hydrogen-bond donors (Lipinski definition) is 1. The first kappa shape index (κ1) is 15.5. The van der Waals surface area contributed by atoms with E-state index in [9.17, 15) is 13.2 Å². The Kier molecular flexibility index (Phi) is 4.51. The highest BCUT2D eigenvalue weighted by Gasteiger charge is 2.35. The molecule has 0 spiro atoms. The molecule has 1 aromatic carbocycles. The summed E-state index contributed by atoms with van der Waals surface area (Å²) in [7, 11) is -3.35. The van der Waals surface area contributed by atoms with Crippen molar-refractivity contribution in [1.82, 2.24) is 4.90 Å². The van der Waals surface area contributed by atoms with Gasteiger partial charge in [-0.15, -0.1) is 0 Å². The monoisotopic (exact) mass is 334 g/mol. The number of carbonyl (C=O) groups excluding carboxylic acids is 1. The van der Waals surface area contributed by atoms with Gasteiger partial charge in [-0.05, 0) is 12.1 Å². The third kappa shape index (κ3) is 3.05. The summed E-state index contributed by atoms with van der Waals surface area (Å²) in [6.45, 7) is 0.367. The summed E-state index contributed by atoms with van der Waals surface area (Å²) < 4.78 is 23.7. The fourth-order valence-corrected chi connectivity index (χ4v) is 5.16. The molecule has 1 aromatic rings. The average molecular weight is 335 g/mol. The van der Waals surface area contributed by atoms with E-state index in [2.05, 4.69) is 0 Å². The minimum atomic E-state index is -3.35. The molecule has 20 heavy (non-hydrogen) atoms. The van der Waals surface area contributed by atoms with Gasteiger partial charge < -0.3 is 10.6 Å². The summed E-state index contributed by atoms with van der Waals surface area (Å²) in [5.41, 5.74) is 6.23. The molecule has 0 saturated carbocycles. The van der Waals surface area contributed by atoms with Crippen LogP contribution in [-0.4, -0.2) is 48.9 Å². The maximum Gasteiger partial charge on any atom is 0.258 e. The Balaban J connectivity index is 2.41. The zero-order valence-electron chi connectivity index (χ0n) is 10.9. The van der Waals surface area contributed by atoms with Crippen LogP contribution in [0, 0.1) is 0 Å². The van der Waals surface area contributed by atoms with Crippen molar-refractivity contribution in [3.63, 3.8) is 0 Å². The quantitative estimate of drug-likeness (QED) is 0.829. The van der Waals surface area contributed by atoms with Crippen molar-refractivity contribution in [2.75, 3.05) is 30.0 Å². The second kappa shape index (κ2) is 5.83. The van der Waals surface area contributed by atoms with Gasteiger partial charge in [0.05, 0.1) is 10.6 Å². The Morgan fingerprint density at radius 1 is 1.50 bits per heavy atom. The molecule has 0 aliphatic carbocycles. The van der Waals surface area contributed by atoms with Crippen LogP contribution in [0.3, 0.4) is 0 Å². The van der Waals surface area contributed by atoms with Gasteiger partial charge in [-0.25, -0.2) is 8.42 Å². The smallest absolute Gasteiger partial charge is 0.258 e. The number of rotatable bonds is 2. The van der Waals surface area contributed by atoms with Crippen molar-refractivity contribution in [2.45, 2.75) is 5.37 Å². The summed E-state index contributed by atoms with van der Waals surface area (Å²) in [5, 5.41) is -0.593. The minimum absolute atomic E-state index is 0.176. The molecule has 2 rings (SSSR count). The lowest BCUT2D eigenvalue weighted by Gasteiger charge is -2.34. The second-order valence-corrected chi connectivity index (χ2v) is 8.32. The largest absolute Gasteiger partial charge is 0.398 e. The second-order valence-electron chi connectivity index (χ2n) is 4.56. The van der Waals surface area contributed by atoms with Crippen LogP contribution in [0.1, 0.15) is 10.4 Å². The Hall–Kier alpha value is -0.920. The van der Waals surface area contributed by atoms with Crippen LogP contribution in [0.15, 0.2) is 18.2 Å². The molecule has 8 heteroatoms. The van der Waals surface area contributed by atoms with Gasteiger partial charge in [-0.3, -0.25) is 4.79 Å². The zero-order valence-corrected chi connectivity index (χ0v) is 13.3. The van der Waals surface area contributed by atoms with Gasteiger partial charge in [0.15, 0.2) is 9.84 Å². The van der Waals surface area contributed by atoms with E-state index in [0.717, 1.165) is 6.26 Å². The molecule has 0 radical (unpaired) electrons. The SMILES string of the molecule is CS(=O)(=O)C1CSCCN1C(=O)c1c(N)cccc1Cl. The van der Waals surface area contributed by atoms with Gasteiger partial charge in [0.1, 0.15) is 5.37 Å². The molecule has 1 amide bonds. The van der Waals surface area contributed by atoms with Crippen LogP contribution in [0.5, 0.6) is 0 Å². The van der Waals surface area contributed by atoms with Gasteiger partial charge >= 0.3 is 0 Å².